The Bertz CT molecular complexity index is 446. The Hall–Kier alpha value is -1.66. The fraction of sp³-hybridized carbons (Fsp3) is 0.500. The summed E-state index contributed by atoms with van der Waals surface area (Å²) in [6.07, 6.45) is 0.784. The topological polar surface area (TPSA) is 30.5 Å². The minimum absolute atomic E-state index is 0.210. The molecule has 1 aromatic rings. The highest BCUT2D eigenvalue weighted by Gasteiger charge is 2.12. The fourth-order valence-electron chi connectivity index (χ4n) is 1.88. The van der Waals surface area contributed by atoms with Crippen molar-refractivity contribution in [3.05, 3.63) is 23.8 Å². The molecular weight excluding hydrogens is 238 g/mol. The van der Waals surface area contributed by atoms with Gasteiger partial charge < -0.3 is 14.8 Å². The van der Waals surface area contributed by atoms with Crippen LogP contribution in [0.2, 0.25) is 0 Å². The van der Waals surface area contributed by atoms with Crippen molar-refractivity contribution in [3.8, 4) is 23.3 Å². The predicted octanol–water partition coefficient (Wildman–Crippen LogP) is 3.16. The van der Waals surface area contributed by atoms with Crippen molar-refractivity contribution >= 4 is 0 Å². The number of hydrogen-bond donors (Lipinski definition) is 1. The van der Waals surface area contributed by atoms with Gasteiger partial charge in [0.05, 0.1) is 13.2 Å². The summed E-state index contributed by atoms with van der Waals surface area (Å²) in [5.74, 6) is 7.63. The lowest BCUT2D eigenvalue weighted by Crippen LogP contribution is -2.16. The Morgan fingerprint density at radius 3 is 2.42 bits per heavy atom. The van der Waals surface area contributed by atoms with Crippen LogP contribution in [0, 0.1) is 11.8 Å². The zero-order chi connectivity index (χ0) is 14.1. The summed E-state index contributed by atoms with van der Waals surface area (Å²) in [5, 5.41) is 3.28. The van der Waals surface area contributed by atoms with Gasteiger partial charge in [-0.2, -0.15) is 0 Å². The maximum Gasteiger partial charge on any atom is 0.161 e. The Kier molecular flexibility index (Phi) is 6.84. The number of hydrogen-bond acceptors (Lipinski definition) is 3. The van der Waals surface area contributed by atoms with Crippen molar-refractivity contribution in [2.24, 2.45) is 0 Å². The van der Waals surface area contributed by atoms with Crippen LogP contribution in [0.1, 0.15) is 38.8 Å². The molecule has 104 valence electrons. The largest absolute Gasteiger partial charge is 0.490 e. The summed E-state index contributed by atoms with van der Waals surface area (Å²) < 4.78 is 11.2. The van der Waals surface area contributed by atoms with Gasteiger partial charge in [0.1, 0.15) is 0 Å². The first kappa shape index (κ1) is 15.4. The molecule has 1 rings (SSSR count). The van der Waals surface area contributed by atoms with Crippen molar-refractivity contribution in [1.29, 1.82) is 0 Å². The third-order valence-corrected chi connectivity index (χ3v) is 2.80. The first-order valence-corrected chi connectivity index (χ1v) is 6.73. The van der Waals surface area contributed by atoms with E-state index in [9.17, 15) is 0 Å². The van der Waals surface area contributed by atoms with Crippen LogP contribution in [0.15, 0.2) is 18.2 Å². The number of rotatable bonds is 7. The predicted molar refractivity (Wildman–Crippen MR) is 78.6 cm³/mol. The highest BCUT2D eigenvalue weighted by Crippen LogP contribution is 2.31. The minimum Gasteiger partial charge on any atom is -0.490 e. The number of ether oxygens (including phenoxy) is 2. The molecule has 3 heteroatoms. The summed E-state index contributed by atoms with van der Waals surface area (Å²) in [5.41, 5.74) is 1.16. The molecule has 0 bridgehead atoms. The highest BCUT2D eigenvalue weighted by atomic mass is 16.5. The van der Waals surface area contributed by atoms with Gasteiger partial charge >= 0.3 is 0 Å². The zero-order valence-corrected chi connectivity index (χ0v) is 12.2. The monoisotopic (exact) mass is 261 g/mol. The smallest absolute Gasteiger partial charge is 0.161 e. The van der Waals surface area contributed by atoms with E-state index in [0.717, 1.165) is 23.5 Å². The molecular formula is C16H23NO2. The average molecular weight is 261 g/mol. The van der Waals surface area contributed by atoms with Crippen LogP contribution in [0.25, 0.3) is 0 Å². The van der Waals surface area contributed by atoms with Crippen LogP contribution < -0.4 is 14.8 Å². The SMILES string of the molecule is CC#CCC(NC)c1ccc(OCC)c(OCC)c1. The Labute approximate surface area is 116 Å². The van der Waals surface area contributed by atoms with Gasteiger partial charge in [0, 0.05) is 12.5 Å². The lowest BCUT2D eigenvalue weighted by Gasteiger charge is -2.17. The van der Waals surface area contributed by atoms with E-state index in [-0.39, 0.29) is 6.04 Å². The lowest BCUT2D eigenvalue weighted by atomic mass is 10.0. The molecule has 1 atom stereocenters. The summed E-state index contributed by atoms with van der Waals surface area (Å²) in [6, 6.07) is 6.27. The van der Waals surface area contributed by atoms with E-state index in [2.05, 4.69) is 23.2 Å². The normalized spacial score (nSPS) is 11.4. The Morgan fingerprint density at radius 1 is 1.16 bits per heavy atom. The summed E-state index contributed by atoms with van der Waals surface area (Å²) in [4.78, 5) is 0. The molecule has 0 heterocycles. The van der Waals surface area contributed by atoms with E-state index in [4.69, 9.17) is 9.47 Å². The Balaban J connectivity index is 2.99. The van der Waals surface area contributed by atoms with E-state index in [0.29, 0.717) is 13.2 Å². The first-order valence-electron chi connectivity index (χ1n) is 6.73. The second-order valence-electron chi connectivity index (χ2n) is 4.04. The molecule has 19 heavy (non-hydrogen) atoms. The zero-order valence-electron chi connectivity index (χ0n) is 12.2. The lowest BCUT2D eigenvalue weighted by molar-refractivity contribution is 0.287. The van der Waals surface area contributed by atoms with E-state index < -0.39 is 0 Å². The average Bonchev–Trinajstić information content (AvgIpc) is 2.43. The van der Waals surface area contributed by atoms with Crippen LogP contribution in [0.5, 0.6) is 11.5 Å². The van der Waals surface area contributed by atoms with E-state index >= 15 is 0 Å². The third-order valence-electron chi connectivity index (χ3n) is 2.80. The van der Waals surface area contributed by atoms with E-state index in [1.54, 1.807) is 0 Å². The maximum atomic E-state index is 5.64. The summed E-state index contributed by atoms with van der Waals surface area (Å²) >= 11 is 0. The quantitative estimate of drug-likeness (QED) is 0.765. The standard InChI is InChI=1S/C16H23NO2/c1-5-8-9-14(17-4)13-10-11-15(18-6-2)16(12-13)19-7-3/h10-12,14,17H,6-7,9H2,1-4H3. The molecule has 0 saturated carbocycles. The second-order valence-corrected chi connectivity index (χ2v) is 4.04. The maximum absolute atomic E-state index is 5.64. The van der Waals surface area contributed by atoms with Gasteiger partial charge in [-0.1, -0.05) is 6.07 Å². The molecule has 0 spiro atoms. The molecule has 1 N–H and O–H groups in total. The summed E-state index contributed by atoms with van der Waals surface area (Å²) in [6.45, 7) is 7.06. The first-order chi connectivity index (χ1) is 9.26. The van der Waals surface area contributed by atoms with Crippen LogP contribution in [0.4, 0.5) is 0 Å². The second kappa shape index (κ2) is 8.44. The van der Waals surface area contributed by atoms with Gasteiger partial charge in [-0.05, 0) is 45.5 Å². The molecule has 1 unspecified atom stereocenters. The number of benzene rings is 1. The third kappa shape index (κ3) is 4.50. The molecule has 0 saturated heterocycles. The Morgan fingerprint density at radius 2 is 1.84 bits per heavy atom. The van der Waals surface area contributed by atoms with Crippen molar-refractivity contribution in [2.75, 3.05) is 20.3 Å². The van der Waals surface area contributed by atoms with Gasteiger partial charge in [-0.25, -0.2) is 0 Å². The van der Waals surface area contributed by atoms with Crippen molar-refractivity contribution < 1.29 is 9.47 Å². The molecule has 0 amide bonds. The molecule has 0 aromatic heterocycles. The van der Waals surface area contributed by atoms with Gasteiger partial charge in [-0.3, -0.25) is 0 Å². The fourth-order valence-corrected chi connectivity index (χ4v) is 1.88. The van der Waals surface area contributed by atoms with Crippen molar-refractivity contribution in [3.63, 3.8) is 0 Å². The molecule has 0 aliphatic rings. The van der Waals surface area contributed by atoms with E-state index in [1.807, 2.05) is 40.0 Å². The van der Waals surface area contributed by atoms with Crippen LogP contribution in [-0.4, -0.2) is 20.3 Å². The van der Waals surface area contributed by atoms with Crippen molar-refractivity contribution in [1.82, 2.24) is 5.32 Å². The molecule has 0 radical (unpaired) electrons. The molecule has 3 nitrogen and oxygen atoms in total. The van der Waals surface area contributed by atoms with E-state index in [1.165, 1.54) is 0 Å². The van der Waals surface area contributed by atoms with Crippen LogP contribution in [0.3, 0.4) is 0 Å². The minimum atomic E-state index is 0.210. The van der Waals surface area contributed by atoms with Gasteiger partial charge in [0.2, 0.25) is 0 Å². The van der Waals surface area contributed by atoms with Crippen LogP contribution in [-0.2, 0) is 0 Å². The number of nitrogens with one attached hydrogen (secondary N) is 1. The summed E-state index contributed by atoms with van der Waals surface area (Å²) in [7, 11) is 1.94. The molecule has 1 aromatic carbocycles. The highest BCUT2D eigenvalue weighted by molar-refractivity contribution is 5.44. The molecule has 0 fully saturated rings. The van der Waals surface area contributed by atoms with Crippen molar-refractivity contribution in [2.45, 2.75) is 33.2 Å². The molecule has 0 aliphatic carbocycles. The van der Waals surface area contributed by atoms with Crippen LogP contribution >= 0.6 is 0 Å². The van der Waals surface area contributed by atoms with Gasteiger partial charge in [0.25, 0.3) is 0 Å². The van der Waals surface area contributed by atoms with Gasteiger partial charge in [-0.15, -0.1) is 11.8 Å². The molecule has 0 aliphatic heterocycles. The van der Waals surface area contributed by atoms with Gasteiger partial charge in [0.15, 0.2) is 11.5 Å².